The number of nitrogens with zero attached hydrogens (tertiary/aromatic N) is 3. The molecule has 6 rings (SSSR count). The van der Waals surface area contributed by atoms with Gasteiger partial charge in [-0.15, -0.1) is 0 Å². The van der Waals surface area contributed by atoms with Crippen molar-refractivity contribution in [3.63, 3.8) is 0 Å². The Hall–Kier alpha value is -2.69. The number of hydrogen-bond donors (Lipinski definition) is 0. The summed E-state index contributed by atoms with van der Waals surface area (Å²) < 4.78 is 2.38. The van der Waals surface area contributed by atoms with E-state index in [0.717, 1.165) is 51.1 Å². The zero-order chi connectivity index (χ0) is 26.6. The van der Waals surface area contributed by atoms with Crippen LogP contribution in [0, 0.1) is 12.8 Å². The first-order valence-corrected chi connectivity index (χ1v) is 15.2. The lowest BCUT2D eigenvalue weighted by molar-refractivity contribution is -0.133. The van der Waals surface area contributed by atoms with Crippen molar-refractivity contribution < 1.29 is 14.4 Å². The molecule has 0 radical (unpaired) electrons. The number of aryl methyl sites for hydroxylation is 1. The van der Waals surface area contributed by atoms with Crippen LogP contribution in [0.3, 0.4) is 0 Å². The van der Waals surface area contributed by atoms with E-state index in [2.05, 4.69) is 15.9 Å². The zero-order valence-corrected chi connectivity index (χ0v) is 24.0. The molecule has 3 aromatic rings. The molecule has 3 aliphatic heterocycles. The Morgan fingerprint density at radius 2 is 1.74 bits per heavy atom. The van der Waals surface area contributed by atoms with Gasteiger partial charge in [-0.05, 0) is 56.0 Å². The second-order valence-electron chi connectivity index (χ2n) is 10.0. The molecule has 0 unspecified atom stereocenters. The number of fused-ring (bicyclic) bond motifs is 2. The van der Waals surface area contributed by atoms with E-state index in [0.29, 0.717) is 23.8 Å². The number of imide groups is 1. The molecule has 3 amide bonds. The van der Waals surface area contributed by atoms with Crippen LogP contribution in [-0.2, 0) is 20.9 Å². The van der Waals surface area contributed by atoms with Gasteiger partial charge >= 0.3 is 4.87 Å². The van der Waals surface area contributed by atoms with E-state index in [-0.39, 0.29) is 29.1 Å². The molecule has 3 aliphatic rings. The first kappa shape index (κ1) is 25.6. The van der Waals surface area contributed by atoms with Crippen LogP contribution in [0.2, 0.25) is 0 Å². The molecule has 2 saturated heterocycles. The molecular weight excluding hydrogens is 586 g/mol. The van der Waals surface area contributed by atoms with Crippen molar-refractivity contribution >= 4 is 62.4 Å². The van der Waals surface area contributed by atoms with Crippen LogP contribution in [0.25, 0.3) is 0 Å². The number of aromatic nitrogens is 1. The van der Waals surface area contributed by atoms with Crippen LogP contribution < -0.4 is 9.77 Å². The number of amides is 3. The highest BCUT2D eigenvalue weighted by Gasteiger charge is 2.56. The largest absolute Gasteiger partial charge is 0.341 e. The van der Waals surface area contributed by atoms with Gasteiger partial charge in [0.25, 0.3) is 0 Å². The van der Waals surface area contributed by atoms with Crippen LogP contribution in [0.4, 0.5) is 5.69 Å². The third-order valence-corrected chi connectivity index (χ3v) is 10.6. The van der Waals surface area contributed by atoms with Crippen LogP contribution in [0.15, 0.2) is 62.8 Å². The average Bonchev–Trinajstić information content (AvgIpc) is 3.36. The Balaban J connectivity index is 1.44. The Morgan fingerprint density at radius 1 is 1.00 bits per heavy atom. The monoisotopic (exact) mass is 611 g/mol. The maximum absolute atomic E-state index is 13.9. The number of thioether (sulfide) groups is 1. The van der Waals surface area contributed by atoms with E-state index in [9.17, 15) is 19.2 Å². The minimum absolute atomic E-state index is 0.0515. The normalized spacial score (nSPS) is 22.9. The van der Waals surface area contributed by atoms with Gasteiger partial charge in [-0.2, -0.15) is 0 Å². The number of piperidine rings is 1. The number of hydrogen-bond acceptors (Lipinski definition) is 6. The second-order valence-corrected chi connectivity index (χ2v) is 13.0. The Morgan fingerprint density at radius 3 is 2.45 bits per heavy atom. The molecule has 3 atom stereocenters. The van der Waals surface area contributed by atoms with Crippen LogP contribution in [0.5, 0.6) is 0 Å². The van der Waals surface area contributed by atoms with Gasteiger partial charge in [-0.1, -0.05) is 68.9 Å². The third-order valence-electron chi connectivity index (χ3n) is 7.55. The lowest BCUT2D eigenvalue weighted by atomic mass is 9.83. The molecule has 0 spiro atoms. The first-order chi connectivity index (χ1) is 18.3. The molecule has 2 fully saturated rings. The molecule has 0 aliphatic carbocycles. The van der Waals surface area contributed by atoms with E-state index in [1.807, 2.05) is 48.2 Å². The van der Waals surface area contributed by atoms with Crippen molar-refractivity contribution in [2.24, 2.45) is 5.92 Å². The van der Waals surface area contributed by atoms with E-state index in [4.69, 9.17) is 0 Å². The summed E-state index contributed by atoms with van der Waals surface area (Å²) in [7, 11) is 0. The second kappa shape index (κ2) is 10.1. The van der Waals surface area contributed by atoms with Crippen molar-refractivity contribution in [1.82, 2.24) is 9.47 Å². The molecule has 0 N–H and O–H groups in total. The van der Waals surface area contributed by atoms with Gasteiger partial charge in [0.1, 0.15) is 11.8 Å². The fourth-order valence-electron chi connectivity index (χ4n) is 5.64. The number of halogens is 1. The molecule has 196 valence electrons. The SMILES string of the molecule is Cc1ccc(N2C(=O)[C@H]3[C@H](c4cccc(Br)c4)c4sc(=O)n(CC(=O)N5CCCCC5)c4S[C@H]3C2=O)cc1. The molecule has 38 heavy (non-hydrogen) atoms. The smallest absolute Gasteiger partial charge is 0.308 e. The third kappa shape index (κ3) is 4.36. The van der Waals surface area contributed by atoms with Gasteiger partial charge in [-0.3, -0.25) is 23.7 Å². The summed E-state index contributed by atoms with van der Waals surface area (Å²) in [5.74, 6) is -1.75. The Labute approximate surface area is 236 Å². The highest BCUT2D eigenvalue weighted by atomic mass is 79.9. The summed E-state index contributed by atoms with van der Waals surface area (Å²) in [4.78, 5) is 57.8. The summed E-state index contributed by atoms with van der Waals surface area (Å²) in [6, 6.07) is 15.1. The van der Waals surface area contributed by atoms with Crippen molar-refractivity contribution in [1.29, 1.82) is 0 Å². The van der Waals surface area contributed by atoms with E-state index in [1.165, 1.54) is 21.2 Å². The van der Waals surface area contributed by atoms with E-state index >= 15 is 0 Å². The minimum atomic E-state index is -0.689. The maximum Gasteiger partial charge on any atom is 0.308 e. The topological polar surface area (TPSA) is 79.7 Å². The number of benzene rings is 2. The predicted octanol–water partition coefficient (Wildman–Crippen LogP) is 4.79. The lowest BCUT2D eigenvalue weighted by Gasteiger charge is -2.31. The number of carbonyl (C=O) groups is 3. The Bertz CT molecular complexity index is 1490. The van der Waals surface area contributed by atoms with Gasteiger partial charge in [0.2, 0.25) is 17.7 Å². The maximum atomic E-state index is 13.9. The first-order valence-electron chi connectivity index (χ1n) is 12.7. The van der Waals surface area contributed by atoms with Gasteiger partial charge < -0.3 is 4.90 Å². The number of carbonyl (C=O) groups excluding carboxylic acids is 3. The predicted molar refractivity (Wildman–Crippen MR) is 152 cm³/mol. The van der Waals surface area contributed by atoms with Gasteiger partial charge in [0.15, 0.2) is 0 Å². The summed E-state index contributed by atoms with van der Waals surface area (Å²) >= 11 is 5.88. The van der Waals surface area contributed by atoms with Crippen molar-refractivity contribution in [2.75, 3.05) is 18.0 Å². The number of rotatable bonds is 4. The summed E-state index contributed by atoms with van der Waals surface area (Å²) in [6.07, 6.45) is 3.05. The van der Waals surface area contributed by atoms with Crippen molar-refractivity contribution in [2.45, 2.75) is 48.9 Å². The molecule has 7 nitrogen and oxygen atoms in total. The van der Waals surface area contributed by atoms with Crippen LogP contribution in [-0.4, -0.2) is 45.5 Å². The molecule has 0 bridgehead atoms. The summed E-state index contributed by atoms with van der Waals surface area (Å²) in [6.45, 7) is 3.32. The highest BCUT2D eigenvalue weighted by molar-refractivity contribution is 9.10. The number of likely N-dealkylation sites (tertiary alicyclic amines) is 1. The summed E-state index contributed by atoms with van der Waals surface area (Å²) in [5.41, 5.74) is 2.45. The van der Waals surface area contributed by atoms with Crippen molar-refractivity contribution in [3.05, 3.63) is 78.7 Å². The molecule has 2 aromatic carbocycles. The summed E-state index contributed by atoms with van der Waals surface area (Å²) in [5, 5.41) is -0.0610. The van der Waals surface area contributed by atoms with Crippen molar-refractivity contribution in [3.8, 4) is 0 Å². The molecule has 4 heterocycles. The fraction of sp³-hybridized carbons (Fsp3) is 0.357. The van der Waals surface area contributed by atoms with Gasteiger partial charge in [0, 0.05) is 28.4 Å². The average molecular weight is 613 g/mol. The van der Waals surface area contributed by atoms with Gasteiger partial charge in [0.05, 0.1) is 16.6 Å². The highest BCUT2D eigenvalue weighted by Crippen LogP contribution is 2.54. The number of anilines is 1. The van der Waals surface area contributed by atoms with Gasteiger partial charge in [-0.25, -0.2) is 4.90 Å². The Kier molecular flexibility index (Phi) is 6.82. The molecule has 1 aromatic heterocycles. The minimum Gasteiger partial charge on any atom is -0.341 e. The fourth-order valence-corrected chi connectivity index (χ4v) is 8.83. The lowest BCUT2D eigenvalue weighted by Crippen LogP contribution is -2.39. The molecular formula is C28H26BrN3O4S2. The number of thiazole rings is 1. The standard InChI is InChI=1S/C28H26BrN3O4S2/c1-16-8-10-19(11-9-16)32-25(34)22-21(17-6-5-7-18(29)14-17)24-27(37-23(22)26(32)35)31(28(36)38-24)15-20(33)30-12-3-2-4-13-30/h5-11,14,21-23H,2-4,12-13,15H2,1H3/t21-,22-,23+/m0/s1. The van der Waals surface area contributed by atoms with E-state index < -0.39 is 17.1 Å². The molecule has 0 saturated carbocycles. The van der Waals surface area contributed by atoms with E-state index in [1.54, 1.807) is 12.1 Å². The zero-order valence-electron chi connectivity index (χ0n) is 20.8. The quantitative estimate of drug-likeness (QED) is 0.396. The molecule has 10 heteroatoms. The van der Waals surface area contributed by atoms with Crippen LogP contribution >= 0.6 is 39.0 Å². The van der Waals surface area contributed by atoms with Crippen LogP contribution in [0.1, 0.15) is 41.2 Å².